The summed E-state index contributed by atoms with van der Waals surface area (Å²) in [6.45, 7) is 0. The molecule has 0 fully saturated rings. The maximum Gasteiger partial charge on any atom is 0.0543 e. The van der Waals surface area contributed by atoms with Crippen LogP contribution in [-0.2, 0) is 12.8 Å². The fourth-order valence-electron chi connectivity index (χ4n) is 3.91. The molecule has 4 rings (SSSR count). The molecule has 0 bridgehead atoms. The predicted octanol–water partition coefficient (Wildman–Crippen LogP) is 8.18. The van der Waals surface area contributed by atoms with E-state index in [2.05, 4.69) is 114 Å². The summed E-state index contributed by atoms with van der Waals surface area (Å²) in [7, 11) is 0. The van der Waals surface area contributed by atoms with Crippen LogP contribution in [0.4, 0.5) is 11.4 Å². The molecule has 0 heterocycles. The standard InChI is InChI=1S/C34H31N/c1-5-17-29(18-6-1)21-9-3-11-23-31-25-13-15-27-33(31)35-34-28-16-14-26-32(34)24-12-4-10-22-30-19-7-2-8-20-30/h1-2,5-8,13-20,25-28,35H,3-4,9-10,21-22H2. The summed E-state index contributed by atoms with van der Waals surface area (Å²) in [6, 6.07) is 37.7. The van der Waals surface area contributed by atoms with Crippen LogP contribution in [0.25, 0.3) is 0 Å². The molecule has 0 spiro atoms. The summed E-state index contributed by atoms with van der Waals surface area (Å²) in [6.07, 6.45) is 6.02. The van der Waals surface area contributed by atoms with E-state index in [9.17, 15) is 0 Å². The lowest BCUT2D eigenvalue weighted by Crippen LogP contribution is -1.96. The normalized spacial score (nSPS) is 9.94. The predicted molar refractivity (Wildman–Crippen MR) is 149 cm³/mol. The van der Waals surface area contributed by atoms with Crippen LogP contribution < -0.4 is 5.32 Å². The van der Waals surface area contributed by atoms with Crippen LogP contribution in [0.3, 0.4) is 0 Å². The molecule has 4 aromatic rings. The van der Waals surface area contributed by atoms with Crippen LogP contribution in [0.5, 0.6) is 0 Å². The minimum Gasteiger partial charge on any atom is -0.353 e. The highest BCUT2D eigenvalue weighted by Gasteiger charge is 2.03. The minimum atomic E-state index is 0.883. The second-order valence-electron chi connectivity index (χ2n) is 8.50. The Balaban J connectivity index is 1.35. The molecule has 0 radical (unpaired) electrons. The maximum absolute atomic E-state index is 3.57. The summed E-state index contributed by atoms with van der Waals surface area (Å²) < 4.78 is 0. The summed E-state index contributed by atoms with van der Waals surface area (Å²) in [5.74, 6) is 13.4. The third-order valence-corrected chi connectivity index (χ3v) is 5.79. The Hall–Kier alpha value is -4.20. The highest BCUT2D eigenvalue weighted by molar-refractivity contribution is 5.71. The smallest absolute Gasteiger partial charge is 0.0543 e. The Bertz CT molecular complexity index is 1210. The minimum absolute atomic E-state index is 0.883. The molecule has 172 valence electrons. The largest absolute Gasteiger partial charge is 0.353 e. The Kier molecular flexibility index (Phi) is 9.23. The second kappa shape index (κ2) is 13.5. The van der Waals surface area contributed by atoms with Gasteiger partial charge in [-0.3, -0.25) is 0 Å². The fraction of sp³-hybridized carbons (Fsp3) is 0.176. The zero-order valence-corrected chi connectivity index (χ0v) is 20.1. The quantitative estimate of drug-likeness (QED) is 0.209. The number of aryl methyl sites for hydroxylation is 2. The maximum atomic E-state index is 3.57. The molecular formula is C34H31N. The molecule has 0 aromatic heterocycles. The van der Waals surface area contributed by atoms with Crippen molar-refractivity contribution in [3.63, 3.8) is 0 Å². The number of anilines is 2. The molecule has 0 atom stereocenters. The van der Waals surface area contributed by atoms with Crippen LogP contribution in [-0.4, -0.2) is 0 Å². The van der Waals surface area contributed by atoms with Gasteiger partial charge in [0.25, 0.3) is 0 Å². The lowest BCUT2D eigenvalue weighted by Gasteiger charge is -2.10. The van der Waals surface area contributed by atoms with Gasteiger partial charge in [-0.25, -0.2) is 0 Å². The topological polar surface area (TPSA) is 12.0 Å². The Morgan fingerprint density at radius 2 is 0.857 bits per heavy atom. The lowest BCUT2D eigenvalue weighted by molar-refractivity contribution is 0.858. The number of benzene rings is 4. The van der Waals surface area contributed by atoms with E-state index in [1.165, 1.54) is 11.1 Å². The Morgan fingerprint density at radius 3 is 1.31 bits per heavy atom. The number of hydrogen-bond donors (Lipinski definition) is 1. The van der Waals surface area contributed by atoms with Gasteiger partial charge in [-0.1, -0.05) is 109 Å². The highest BCUT2D eigenvalue weighted by Crippen LogP contribution is 2.23. The van der Waals surface area contributed by atoms with Crippen molar-refractivity contribution in [1.29, 1.82) is 0 Å². The van der Waals surface area contributed by atoms with Crippen molar-refractivity contribution < 1.29 is 0 Å². The summed E-state index contributed by atoms with van der Waals surface area (Å²) in [4.78, 5) is 0. The molecule has 0 aliphatic rings. The lowest BCUT2D eigenvalue weighted by atomic mass is 10.1. The van der Waals surface area contributed by atoms with Crippen molar-refractivity contribution in [2.45, 2.75) is 38.5 Å². The molecule has 1 heteroatoms. The second-order valence-corrected chi connectivity index (χ2v) is 8.50. The number of nitrogens with one attached hydrogen (secondary N) is 1. The first-order chi connectivity index (χ1) is 17.4. The van der Waals surface area contributed by atoms with Gasteiger partial charge in [0.1, 0.15) is 0 Å². The zero-order chi connectivity index (χ0) is 24.0. The van der Waals surface area contributed by atoms with Gasteiger partial charge in [-0.05, 0) is 61.1 Å². The van der Waals surface area contributed by atoms with Gasteiger partial charge >= 0.3 is 0 Å². The van der Waals surface area contributed by atoms with Gasteiger partial charge in [0.05, 0.1) is 11.4 Å². The molecule has 35 heavy (non-hydrogen) atoms. The Labute approximate surface area is 210 Å². The van der Waals surface area contributed by atoms with Crippen molar-refractivity contribution in [1.82, 2.24) is 0 Å². The SMILES string of the molecule is C(#Cc1ccccc1Nc1ccccc1C#CCCCc1ccccc1)CCCc1ccccc1. The van der Waals surface area contributed by atoms with E-state index in [1.54, 1.807) is 0 Å². The van der Waals surface area contributed by atoms with Gasteiger partial charge in [0, 0.05) is 24.0 Å². The first-order valence-corrected chi connectivity index (χ1v) is 12.4. The molecule has 0 unspecified atom stereocenters. The summed E-state index contributed by atoms with van der Waals surface area (Å²) in [5, 5.41) is 3.57. The first-order valence-electron chi connectivity index (χ1n) is 12.4. The third kappa shape index (κ3) is 7.96. The van der Waals surface area contributed by atoms with Crippen molar-refractivity contribution in [3.05, 3.63) is 131 Å². The van der Waals surface area contributed by atoms with E-state index in [0.29, 0.717) is 0 Å². The average Bonchev–Trinajstić information content (AvgIpc) is 2.91. The molecule has 0 aliphatic heterocycles. The number of unbranched alkanes of at least 4 members (excludes halogenated alkanes) is 2. The molecule has 0 amide bonds. The van der Waals surface area contributed by atoms with Gasteiger partial charge in [-0.2, -0.15) is 0 Å². The first kappa shape index (κ1) is 23.9. The van der Waals surface area contributed by atoms with Crippen molar-refractivity contribution in [2.24, 2.45) is 0 Å². The van der Waals surface area contributed by atoms with Crippen molar-refractivity contribution in [2.75, 3.05) is 5.32 Å². The van der Waals surface area contributed by atoms with Crippen LogP contribution in [0.15, 0.2) is 109 Å². The van der Waals surface area contributed by atoms with E-state index in [-0.39, 0.29) is 0 Å². The van der Waals surface area contributed by atoms with Gasteiger partial charge < -0.3 is 5.32 Å². The molecule has 1 N–H and O–H groups in total. The zero-order valence-electron chi connectivity index (χ0n) is 20.1. The van der Waals surface area contributed by atoms with E-state index in [4.69, 9.17) is 0 Å². The molecular weight excluding hydrogens is 422 g/mol. The summed E-state index contributed by atoms with van der Waals surface area (Å²) >= 11 is 0. The number of para-hydroxylation sites is 2. The highest BCUT2D eigenvalue weighted by atomic mass is 14.9. The van der Waals surface area contributed by atoms with Crippen LogP contribution >= 0.6 is 0 Å². The Morgan fingerprint density at radius 1 is 0.457 bits per heavy atom. The molecule has 4 aromatic carbocycles. The van der Waals surface area contributed by atoms with E-state index < -0.39 is 0 Å². The van der Waals surface area contributed by atoms with E-state index in [0.717, 1.165) is 61.0 Å². The van der Waals surface area contributed by atoms with Crippen LogP contribution in [0.2, 0.25) is 0 Å². The van der Waals surface area contributed by atoms with Gasteiger partial charge in [-0.15, -0.1) is 0 Å². The van der Waals surface area contributed by atoms with Crippen molar-refractivity contribution in [3.8, 4) is 23.7 Å². The van der Waals surface area contributed by atoms with E-state index >= 15 is 0 Å². The molecule has 0 saturated heterocycles. The van der Waals surface area contributed by atoms with Gasteiger partial charge in [0.15, 0.2) is 0 Å². The summed E-state index contributed by atoms with van der Waals surface area (Å²) in [5.41, 5.74) is 6.79. The van der Waals surface area contributed by atoms with Crippen LogP contribution in [0.1, 0.15) is 47.9 Å². The third-order valence-electron chi connectivity index (χ3n) is 5.79. The average molecular weight is 454 g/mol. The number of rotatable bonds is 8. The monoisotopic (exact) mass is 453 g/mol. The molecule has 0 aliphatic carbocycles. The van der Waals surface area contributed by atoms with E-state index in [1.807, 2.05) is 24.3 Å². The number of hydrogen-bond acceptors (Lipinski definition) is 1. The molecule has 0 saturated carbocycles. The van der Waals surface area contributed by atoms with Crippen molar-refractivity contribution >= 4 is 11.4 Å². The van der Waals surface area contributed by atoms with Gasteiger partial charge in [0.2, 0.25) is 0 Å². The fourth-order valence-corrected chi connectivity index (χ4v) is 3.91. The molecule has 1 nitrogen and oxygen atoms in total. The van der Waals surface area contributed by atoms with Crippen LogP contribution in [0, 0.1) is 23.7 Å².